The highest BCUT2D eigenvalue weighted by molar-refractivity contribution is 7.52. The van der Waals surface area contributed by atoms with Crippen LogP contribution >= 0.6 is 19.3 Å². The molecule has 2 aliphatic rings. The number of rotatable bonds is 10. The van der Waals surface area contributed by atoms with E-state index in [1.807, 2.05) is 0 Å². The van der Waals surface area contributed by atoms with Crippen molar-refractivity contribution in [2.24, 2.45) is 0 Å². The van der Waals surface area contributed by atoms with Gasteiger partial charge in [0.1, 0.15) is 35.4 Å². The smallest absolute Gasteiger partial charge is 0.459 e. The van der Waals surface area contributed by atoms with E-state index in [9.17, 15) is 23.7 Å². The lowest BCUT2D eigenvalue weighted by Crippen LogP contribution is -2.42. The summed E-state index contributed by atoms with van der Waals surface area (Å²) in [6.07, 6.45) is 0.0332. The average Bonchev–Trinajstić information content (AvgIpc) is 3.47. The van der Waals surface area contributed by atoms with Gasteiger partial charge < -0.3 is 24.8 Å². The van der Waals surface area contributed by atoms with Crippen molar-refractivity contribution in [1.29, 1.82) is 0 Å². The second-order valence-electron chi connectivity index (χ2n) is 10.9. The normalized spacial score (nSPS) is 26.4. The van der Waals surface area contributed by atoms with Gasteiger partial charge in [0.2, 0.25) is 5.95 Å². The third-order valence-corrected chi connectivity index (χ3v) is 9.39. The molecular formula is C26H32ClF2N6O8P. The number of benzene rings is 1. The van der Waals surface area contributed by atoms with Gasteiger partial charge in [0.05, 0.1) is 18.0 Å². The maximum atomic E-state index is 15.6. The van der Waals surface area contributed by atoms with Crippen molar-refractivity contribution in [3.8, 4) is 5.75 Å². The van der Waals surface area contributed by atoms with E-state index < -0.39 is 61.8 Å². The minimum Gasteiger partial charge on any atom is -0.461 e. The SMILES string of the molecule is CC(NP(=O)(OC[C@H]1O[C@@H](n2cnc3c(=O)[nH]c(N)nc32)[C@](C)(O)[C@@H]1F)Oc1ccc(F)c(Cl)c1)C(=O)OC1CCCCC1. The Labute approximate surface area is 254 Å². The number of nitrogens with zero attached hydrogens (tertiary/aromatic N) is 3. The number of H-pyrrole nitrogens is 1. The predicted molar refractivity (Wildman–Crippen MR) is 153 cm³/mol. The first-order valence-corrected chi connectivity index (χ1v) is 15.8. The summed E-state index contributed by atoms with van der Waals surface area (Å²) in [5.41, 5.74) is 2.59. The molecule has 2 aromatic heterocycles. The standard InChI is InChI=1S/C26H32ClF2N6O8P/c1-13(23(37)41-14-6-4-3-5-7-14)34-44(39,43-15-8-9-17(28)16(27)10-15)40-11-18-20(29)26(2,38)24(42-18)35-12-31-19-21(35)32-25(30)33-22(19)36/h8-10,12-14,18,20,24,38H,3-7,11H2,1-2H3,(H,34,39)(H3,30,32,33,36)/t13?,18-,20-,24-,26-,44?/m1/s1. The van der Waals surface area contributed by atoms with Crippen LogP contribution in [0.15, 0.2) is 29.3 Å². The van der Waals surface area contributed by atoms with Crippen LogP contribution in [0.4, 0.5) is 14.7 Å². The van der Waals surface area contributed by atoms with Crippen LogP contribution < -0.4 is 20.9 Å². The summed E-state index contributed by atoms with van der Waals surface area (Å²) >= 11 is 5.85. The van der Waals surface area contributed by atoms with Crippen LogP contribution in [0.5, 0.6) is 5.75 Å². The van der Waals surface area contributed by atoms with Crippen LogP contribution in [0, 0.1) is 5.82 Å². The van der Waals surface area contributed by atoms with Crippen molar-refractivity contribution < 1.29 is 41.8 Å². The van der Waals surface area contributed by atoms with Crippen LogP contribution in [-0.2, 0) is 23.4 Å². The zero-order valence-corrected chi connectivity index (χ0v) is 25.4. The number of nitrogens with two attached hydrogens (primary N) is 1. The third-order valence-electron chi connectivity index (χ3n) is 7.46. The molecule has 0 amide bonds. The molecule has 3 heterocycles. The fraction of sp³-hybridized carbons (Fsp3) is 0.538. The lowest BCUT2D eigenvalue weighted by atomic mass is 9.98. The van der Waals surface area contributed by atoms with Gasteiger partial charge in [0.15, 0.2) is 23.6 Å². The number of ether oxygens (including phenoxy) is 2. The van der Waals surface area contributed by atoms with Crippen LogP contribution in [0.3, 0.4) is 0 Å². The maximum absolute atomic E-state index is 15.6. The molecule has 5 rings (SSSR count). The monoisotopic (exact) mass is 660 g/mol. The van der Waals surface area contributed by atoms with Crippen LogP contribution in [0.25, 0.3) is 11.2 Å². The molecule has 5 N–H and O–H groups in total. The molecule has 6 atom stereocenters. The number of fused-ring (bicyclic) bond motifs is 1. The molecule has 3 aromatic rings. The molecule has 2 fully saturated rings. The summed E-state index contributed by atoms with van der Waals surface area (Å²) in [7, 11) is -4.55. The lowest BCUT2D eigenvalue weighted by molar-refractivity contribution is -0.152. The molecule has 0 radical (unpaired) electrons. The summed E-state index contributed by atoms with van der Waals surface area (Å²) in [6, 6.07) is 1.96. The molecule has 2 unspecified atom stereocenters. The Morgan fingerprint density at radius 2 is 2.11 bits per heavy atom. The van der Waals surface area contributed by atoms with Gasteiger partial charge in [-0.15, -0.1) is 0 Å². The zero-order chi connectivity index (χ0) is 31.8. The number of aromatic nitrogens is 4. The number of hydrogen-bond acceptors (Lipinski definition) is 11. The van der Waals surface area contributed by atoms with Gasteiger partial charge in [0, 0.05) is 6.07 Å². The van der Waals surface area contributed by atoms with E-state index in [2.05, 4.69) is 20.0 Å². The number of aromatic amines is 1. The quantitative estimate of drug-likeness (QED) is 0.183. The molecule has 1 saturated heterocycles. The molecule has 18 heteroatoms. The number of carbonyl (C=O) groups excluding carboxylic acids is 1. The van der Waals surface area contributed by atoms with Crippen LogP contribution in [-0.4, -0.2) is 67.2 Å². The molecule has 44 heavy (non-hydrogen) atoms. The minimum absolute atomic E-state index is 0.0699. The molecule has 1 aliphatic carbocycles. The van der Waals surface area contributed by atoms with Crippen molar-refractivity contribution in [3.05, 3.63) is 45.7 Å². The molecule has 14 nitrogen and oxygen atoms in total. The Bertz CT molecular complexity index is 1630. The Morgan fingerprint density at radius 1 is 1.39 bits per heavy atom. The highest BCUT2D eigenvalue weighted by Crippen LogP contribution is 2.48. The van der Waals surface area contributed by atoms with Crippen molar-refractivity contribution in [2.75, 3.05) is 12.3 Å². The molecule has 0 bridgehead atoms. The Hall–Kier alpha value is -3.14. The van der Waals surface area contributed by atoms with Crippen molar-refractivity contribution in [2.45, 2.75) is 82.2 Å². The summed E-state index contributed by atoms with van der Waals surface area (Å²) < 4.78 is 66.9. The number of alkyl halides is 1. The molecule has 0 spiro atoms. The first-order chi connectivity index (χ1) is 20.8. The van der Waals surface area contributed by atoms with Gasteiger partial charge in [-0.25, -0.2) is 18.3 Å². The second-order valence-corrected chi connectivity index (χ2v) is 13.0. The third kappa shape index (κ3) is 6.75. The van der Waals surface area contributed by atoms with Gasteiger partial charge in [-0.05, 0) is 51.7 Å². The fourth-order valence-corrected chi connectivity index (χ4v) is 6.81. The maximum Gasteiger partial charge on any atom is 0.459 e. The highest BCUT2D eigenvalue weighted by Gasteiger charge is 2.55. The topological polar surface area (TPSA) is 193 Å². The van der Waals surface area contributed by atoms with Crippen LogP contribution in [0.2, 0.25) is 5.02 Å². The second kappa shape index (κ2) is 12.7. The lowest BCUT2D eigenvalue weighted by Gasteiger charge is -2.27. The predicted octanol–water partition coefficient (Wildman–Crippen LogP) is 3.54. The number of nitrogens with one attached hydrogen (secondary N) is 2. The minimum atomic E-state index is -4.55. The van der Waals surface area contributed by atoms with Gasteiger partial charge in [-0.1, -0.05) is 18.0 Å². The van der Waals surface area contributed by atoms with Gasteiger partial charge in [-0.2, -0.15) is 10.1 Å². The van der Waals surface area contributed by atoms with E-state index in [0.29, 0.717) is 12.8 Å². The molecular weight excluding hydrogens is 629 g/mol. The first kappa shape index (κ1) is 32.3. The molecule has 1 aromatic carbocycles. The van der Waals surface area contributed by atoms with Gasteiger partial charge in [0.25, 0.3) is 5.56 Å². The van der Waals surface area contributed by atoms with Crippen molar-refractivity contribution in [3.63, 3.8) is 0 Å². The number of imidazole rings is 1. The van der Waals surface area contributed by atoms with Crippen molar-refractivity contribution in [1.82, 2.24) is 24.6 Å². The summed E-state index contributed by atoms with van der Waals surface area (Å²) in [6.45, 7) is 1.79. The number of hydrogen-bond donors (Lipinski definition) is 4. The Morgan fingerprint density at radius 3 is 2.82 bits per heavy atom. The first-order valence-electron chi connectivity index (χ1n) is 13.9. The van der Waals surface area contributed by atoms with Gasteiger partial charge >= 0.3 is 13.7 Å². The van der Waals surface area contributed by atoms with Crippen LogP contribution in [0.1, 0.15) is 52.2 Å². The number of carbonyl (C=O) groups is 1. The van der Waals surface area contributed by atoms with E-state index >= 15 is 4.39 Å². The largest absolute Gasteiger partial charge is 0.461 e. The van der Waals surface area contributed by atoms with E-state index in [1.54, 1.807) is 0 Å². The number of nitrogen functional groups attached to an aromatic ring is 1. The fourth-order valence-electron chi connectivity index (χ4n) is 5.14. The van der Waals surface area contributed by atoms with Gasteiger partial charge in [-0.3, -0.25) is 23.7 Å². The number of aliphatic hydroxyl groups is 1. The number of anilines is 1. The Balaban J connectivity index is 1.35. The molecule has 1 aliphatic heterocycles. The number of halogens is 3. The summed E-state index contributed by atoms with van der Waals surface area (Å²) in [4.78, 5) is 35.3. The van der Waals surface area contributed by atoms with E-state index in [-0.39, 0.29) is 34.0 Å². The average molecular weight is 661 g/mol. The number of esters is 1. The highest BCUT2D eigenvalue weighted by atomic mass is 35.5. The summed E-state index contributed by atoms with van der Waals surface area (Å²) in [5, 5.41) is 13.2. The Kier molecular flexibility index (Phi) is 9.31. The van der Waals surface area contributed by atoms with E-state index in [4.69, 9.17) is 35.9 Å². The van der Waals surface area contributed by atoms with Crippen molar-refractivity contribution >= 4 is 42.4 Å². The summed E-state index contributed by atoms with van der Waals surface area (Å²) in [5.74, 6) is -1.88. The zero-order valence-electron chi connectivity index (χ0n) is 23.7. The van der Waals surface area contributed by atoms with E-state index in [0.717, 1.165) is 55.3 Å². The molecule has 1 saturated carbocycles. The molecule has 240 valence electrons. The van der Waals surface area contributed by atoms with E-state index in [1.165, 1.54) is 6.92 Å².